The van der Waals surface area contributed by atoms with Crippen LogP contribution in [0, 0.1) is 0 Å². The maximum Gasteiger partial charge on any atom is 0.337 e. The number of thioether (sulfide) groups is 1. The van der Waals surface area contributed by atoms with Gasteiger partial charge in [0.25, 0.3) is 5.56 Å². The number of ether oxygens (including phenoxy) is 2. The number of amides is 2. The van der Waals surface area contributed by atoms with Crippen molar-refractivity contribution in [2.45, 2.75) is 58.0 Å². The number of para-hydroxylation sites is 1. The summed E-state index contributed by atoms with van der Waals surface area (Å²) in [5, 5.41) is 6.45. The number of nitrogens with one attached hydrogen (secondary N) is 2. The quantitative estimate of drug-likeness (QED) is 0.236. The predicted octanol–water partition coefficient (Wildman–Crippen LogP) is 2.82. The second-order valence-electron chi connectivity index (χ2n) is 7.86. The molecule has 2 N–H and O–H groups in total. The van der Waals surface area contributed by atoms with Crippen molar-refractivity contribution >= 4 is 34.7 Å². The fourth-order valence-corrected chi connectivity index (χ4v) is 4.52. The number of esters is 1. The van der Waals surface area contributed by atoms with E-state index < -0.39 is 12.0 Å². The Labute approximate surface area is 196 Å². The molecule has 1 aromatic heterocycles. The lowest BCUT2D eigenvalue weighted by atomic mass is 10.1. The number of hydrogen-bond donors (Lipinski definition) is 2. The summed E-state index contributed by atoms with van der Waals surface area (Å²) in [7, 11) is 0. The van der Waals surface area contributed by atoms with Crippen molar-refractivity contribution in [3.05, 3.63) is 45.9 Å². The van der Waals surface area contributed by atoms with Gasteiger partial charge in [-0.15, -0.1) is 0 Å². The van der Waals surface area contributed by atoms with E-state index in [0.29, 0.717) is 46.9 Å². The third-order valence-corrected chi connectivity index (χ3v) is 6.02. The molecular weight excluding hydrogens is 444 g/mol. The molecule has 2 amide bonds. The lowest BCUT2D eigenvalue weighted by Gasteiger charge is -2.26. The van der Waals surface area contributed by atoms with Gasteiger partial charge in [-0.25, -0.2) is 14.6 Å². The smallest absolute Gasteiger partial charge is 0.337 e. The lowest BCUT2D eigenvalue weighted by Crippen LogP contribution is -2.49. The van der Waals surface area contributed by atoms with Crippen LogP contribution in [-0.4, -0.2) is 52.7 Å². The van der Waals surface area contributed by atoms with E-state index in [1.807, 2.05) is 26.0 Å². The molecule has 0 saturated heterocycles. The van der Waals surface area contributed by atoms with Crippen LogP contribution in [0.5, 0.6) is 0 Å². The fourth-order valence-electron chi connectivity index (χ4n) is 3.53. The molecule has 0 saturated carbocycles. The van der Waals surface area contributed by atoms with Crippen LogP contribution in [-0.2, 0) is 20.8 Å². The molecule has 3 rings (SSSR count). The Kier molecular flexibility index (Phi) is 8.51. The molecule has 1 aromatic carbocycles. The monoisotopic (exact) mass is 474 g/mol. The van der Waals surface area contributed by atoms with Gasteiger partial charge in [-0.2, -0.15) is 0 Å². The Morgan fingerprint density at radius 2 is 2.03 bits per heavy atom. The van der Waals surface area contributed by atoms with Gasteiger partial charge >= 0.3 is 12.0 Å². The molecule has 9 nitrogen and oxygen atoms in total. The summed E-state index contributed by atoms with van der Waals surface area (Å²) in [5.74, 6) is -0.234. The molecule has 0 fully saturated rings. The van der Waals surface area contributed by atoms with E-state index in [9.17, 15) is 14.4 Å². The first-order chi connectivity index (χ1) is 15.8. The number of urea groups is 1. The van der Waals surface area contributed by atoms with Crippen LogP contribution in [0.15, 0.2) is 45.5 Å². The molecule has 1 aliphatic heterocycles. The minimum atomic E-state index is -0.492. The Morgan fingerprint density at radius 1 is 1.27 bits per heavy atom. The van der Waals surface area contributed by atoms with Crippen LogP contribution < -0.4 is 16.2 Å². The number of rotatable bonds is 10. The summed E-state index contributed by atoms with van der Waals surface area (Å²) >= 11 is 1.29. The Bertz CT molecular complexity index is 1110. The first-order valence-corrected chi connectivity index (χ1v) is 12.0. The van der Waals surface area contributed by atoms with Gasteiger partial charge in [-0.3, -0.25) is 9.36 Å². The zero-order chi connectivity index (χ0) is 24.0. The van der Waals surface area contributed by atoms with Crippen molar-refractivity contribution in [1.29, 1.82) is 0 Å². The van der Waals surface area contributed by atoms with E-state index in [-0.39, 0.29) is 30.1 Å². The zero-order valence-corrected chi connectivity index (χ0v) is 20.2. The topological polar surface area (TPSA) is 112 Å². The van der Waals surface area contributed by atoms with Crippen molar-refractivity contribution < 1.29 is 19.1 Å². The molecule has 0 radical (unpaired) electrons. The highest BCUT2D eigenvalue weighted by molar-refractivity contribution is 7.99. The van der Waals surface area contributed by atoms with Gasteiger partial charge in [0.1, 0.15) is 0 Å². The number of hydrogen-bond acceptors (Lipinski definition) is 7. The third-order valence-electron chi connectivity index (χ3n) is 5.01. The number of carbonyl (C=O) groups is 2. The number of nitrogens with zero attached hydrogens (tertiary/aromatic N) is 2. The highest BCUT2D eigenvalue weighted by atomic mass is 32.2. The molecule has 2 heterocycles. The molecule has 0 spiro atoms. The summed E-state index contributed by atoms with van der Waals surface area (Å²) in [6, 6.07) is 6.32. The average molecular weight is 475 g/mol. The van der Waals surface area contributed by atoms with Gasteiger partial charge in [0.15, 0.2) is 5.16 Å². The number of benzene rings is 1. The van der Waals surface area contributed by atoms with Crippen LogP contribution in [0.2, 0.25) is 0 Å². The van der Waals surface area contributed by atoms with E-state index in [1.165, 1.54) is 11.8 Å². The largest absolute Gasteiger partial charge is 0.463 e. The summed E-state index contributed by atoms with van der Waals surface area (Å²) < 4.78 is 12.4. The van der Waals surface area contributed by atoms with Crippen LogP contribution in [0.4, 0.5) is 4.79 Å². The molecule has 10 heteroatoms. The Balaban J connectivity index is 1.92. The van der Waals surface area contributed by atoms with Crippen molar-refractivity contribution in [2.24, 2.45) is 0 Å². The Morgan fingerprint density at radius 3 is 2.76 bits per heavy atom. The van der Waals surface area contributed by atoms with Gasteiger partial charge in [0, 0.05) is 24.6 Å². The van der Waals surface area contributed by atoms with Crippen molar-refractivity contribution in [2.75, 3.05) is 19.0 Å². The number of fused-ring (bicyclic) bond motifs is 1. The highest BCUT2D eigenvalue weighted by Gasteiger charge is 2.30. The summed E-state index contributed by atoms with van der Waals surface area (Å²) in [6.07, 6.45) is 0.768. The Hall–Kier alpha value is -2.85. The maximum atomic E-state index is 13.2. The first-order valence-electron chi connectivity index (χ1n) is 11.0. The van der Waals surface area contributed by atoms with E-state index in [1.54, 1.807) is 30.5 Å². The van der Waals surface area contributed by atoms with Crippen molar-refractivity contribution in [3.63, 3.8) is 0 Å². The lowest BCUT2D eigenvalue weighted by molar-refractivity contribution is -0.138. The third kappa shape index (κ3) is 6.14. The summed E-state index contributed by atoms with van der Waals surface area (Å²) in [5.41, 5.74) is 1.28. The van der Waals surface area contributed by atoms with Crippen LogP contribution >= 0.6 is 11.8 Å². The minimum absolute atomic E-state index is 0.115. The standard InChI is InChI=1S/C23H30N4O5S/c1-5-31-21(29)19-15(4)24-22(30)25-18(19)13-33-23-26-17-10-7-6-9-16(17)20(28)27(23)11-8-12-32-14(2)3/h6-7,9-10,14-15H,5,8,11-13H2,1-4H3,(H2,24,25,30)/t15-/m0/s1. The van der Waals surface area contributed by atoms with Crippen LogP contribution in [0.25, 0.3) is 10.9 Å². The maximum absolute atomic E-state index is 13.2. The summed E-state index contributed by atoms with van der Waals surface area (Å²) in [4.78, 5) is 42.4. The number of carbonyl (C=O) groups excluding carboxylic acids is 2. The molecule has 2 aromatic rings. The molecular formula is C23H30N4O5S. The predicted molar refractivity (Wildman–Crippen MR) is 127 cm³/mol. The van der Waals surface area contributed by atoms with Gasteiger partial charge in [0.2, 0.25) is 0 Å². The van der Waals surface area contributed by atoms with Crippen molar-refractivity contribution in [3.8, 4) is 0 Å². The SMILES string of the molecule is CCOC(=O)C1=C(CSc2nc3ccccc3c(=O)n2CCCOC(C)C)NC(=O)N[C@H]1C. The molecule has 0 unspecified atom stereocenters. The van der Waals surface area contributed by atoms with Gasteiger partial charge in [0.05, 0.1) is 35.2 Å². The second kappa shape index (κ2) is 11.3. The van der Waals surface area contributed by atoms with E-state index in [0.717, 1.165) is 0 Å². The van der Waals surface area contributed by atoms with E-state index >= 15 is 0 Å². The fraction of sp³-hybridized carbons (Fsp3) is 0.478. The van der Waals surface area contributed by atoms with Gasteiger partial charge in [-0.05, 0) is 46.2 Å². The van der Waals surface area contributed by atoms with E-state index in [2.05, 4.69) is 10.6 Å². The minimum Gasteiger partial charge on any atom is -0.463 e. The summed E-state index contributed by atoms with van der Waals surface area (Å²) in [6.45, 7) is 8.59. The zero-order valence-electron chi connectivity index (χ0n) is 19.3. The van der Waals surface area contributed by atoms with Gasteiger partial charge < -0.3 is 20.1 Å². The van der Waals surface area contributed by atoms with Crippen LogP contribution in [0.3, 0.4) is 0 Å². The highest BCUT2D eigenvalue weighted by Crippen LogP contribution is 2.24. The molecule has 1 atom stereocenters. The first kappa shape index (κ1) is 24.8. The molecule has 0 bridgehead atoms. The van der Waals surface area contributed by atoms with Crippen molar-refractivity contribution in [1.82, 2.24) is 20.2 Å². The molecule has 178 valence electrons. The normalized spacial score (nSPS) is 16.2. The van der Waals surface area contributed by atoms with Gasteiger partial charge in [-0.1, -0.05) is 23.9 Å². The molecule has 33 heavy (non-hydrogen) atoms. The molecule has 0 aliphatic carbocycles. The van der Waals surface area contributed by atoms with Crippen LogP contribution in [0.1, 0.15) is 34.1 Å². The van der Waals surface area contributed by atoms with E-state index in [4.69, 9.17) is 14.5 Å². The molecule has 1 aliphatic rings. The average Bonchev–Trinajstić information content (AvgIpc) is 2.76. The number of aromatic nitrogens is 2. The second-order valence-corrected chi connectivity index (χ2v) is 8.81.